The molecule has 0 radical (unpaired) electrons. The number of amides is 1. The van der Waals surface area contributed by atoms with Gasteiger partial charge in [0.25, 0.3) is 0 Å². The highest BCUT2D eigenvalue weighted by Gasteiger charge is 2.18. The Hall–Kier alpha value is -2.09. The van der Waals surface area contributed by atoms with E-state index in [1.807, 2.05) is 25.1 Å². The van der Waals surface area contributed by atoms with E-state index in [2.05, 4.69) is 46.8 Å². The largest absolute Gasteiger partial charge is 0.330 e. The van der Waals surface area contributed by atoms with Crippen molar-refractivity contribution in [3.05, 3.63) is 58.6 Å². The molecule has 3 aromatic rings. The lowest BCUT2D eigenvalue weighted by Crippen LogP contribution is -2.22. The molecule has 27 heavy (non-hydrogen) atoms. The van der Waals surface area contributed by atoms with Gasteiger partial charge in [-0.1, -0.05) is 52.9 Å². The second-order valence-electron chi connectivity index (χ2n) is 6.03. The fraction of sp³-hybridized carbons (Fsp3) is 0.211. The Bertz CT molecular complexity index is 960. The molecule has 0 spiro atoms. The van der Waals surface area contributed by atoms with E-state index < -0.39 is 0 Å². The van der Waals surface area contributed by atoms with Crippen molar-refractivity contribution in [1.29, 1.82) is 0 Å². The second-order valence-corrected chi connectivity index (χ2v) is 9.00. The monoisotopic (exact) mass is 418 g/mol. The van der Waals surface area contributed by atoms with E-state index in [0.717, 1.165) is 10.0 Å². The van der Waals surface area contributed by atoms with E-state index in [9.17, 15) is 4.79 Å². The van der Waals surface area contributed by atoms with E-state index in [1.54, 1.807) is 12.1 Å². The first-order valence-electron chi connectivity index (χ1n) is 8.32. The van der Waals surface area contributed by atoms with Crippen molar-refractivity contribution in [2.45, 2.75) is 30.4 Å². The van der Waals surface area contributed by atoms with Gasteiger partial charge in [-0.05, 0) is 56.2 Å². The summed E-state index contributed by atoms with van der Waals surface area (Å²) in [5, 5.41) is 15.3. The summed E-state index contributed by atoms with van der Waals surface area (Å²) in [6, 6.07) is 13.3. The maximum Gasteiger partial charge on any atom is 0.237 e. The van der Waals surface area contributed by atoms with Gasteiger partial charge in [-0.15, -0.1) is 10.2 Å². The van der Waals surface area contributed by atoms with Crippen LogP contribution < -0.4 is 10.6 Å². The van der Waals surface area contributed by atoms with Gasteiger partial charge >= 0.3 is 0 Å². The Morgan fingerprint density at radius 3 is 2.67 bits per heavy atom. The summed E-state index contributed by atoms with van der Waals surface area (Å²) in [5.74, 6) is -0.132. The molecule has 2 aromatic carbocycles. The maximum absolute atomic E-state index is 12.4. The molecule has 3 rings (SSSR count). The van der Waals surface area contributed by atoms with Crippen molar-refractivity contribution >= 4 is 57.1 Å². The topological polar surface area (TPSA) is 66.9 Å². The van der Waals surface area contributed by atoms with Crippen LogP contribution in [0.15, 0.2) is 46.8 Å². The molecule has 0 saturated heterocycles. The van der Waals surface area contributed by atoms with Crippen molar-refractivity contribution in [2.24, 2.45) is 0 Å². The van der Waals surface area contributed by atoms with Crippen molar-refractivity contribution in [3.63, 3.8) is 0 Å². The highest BCUT2D eigenvalue weighted by atomic mass is 35.5. The molecule has 1 amide bonds. The number of anilines is 3. The van der Waals surface area contributed by atoms with Crippen LogP contribution >= 0.6 is 34.7 Å². The van der Waals surface area contributed by atoms with Gasteiger partial charge in [0.1, 0.15) is 0 Å². The molecule has 0 aliphatic heterocycles. The van der Waals surface area contributed by atoms with Crippen molar-refractivity contribution in [1.82, 2.24) is 10.2 Å². The molecule has 0 aliphatic rings. The van der Waals surface area contributed by atoms with Crippen LogP contribution in [0.4, 0.5) is 16.5 Å². The summed E-state index contributed by atoms with van der Waals surface area (Å²) in [6.07, 6.45) is 0. The summed E-state index contributed by atoms with van der Waals surface area (Å²) in [7, 11) is 0. The van der Waals surface area contributed by atoms with Crippen LogP contribution in [0.1, 0.15) is 18.1 Å². The zero-order chi connectivity index (χ0) is 19.4. The molecule has 140 valence electrons. The highest BCUT2D eigenvalue weighted by Crippen LogP contribution is 2.31. The highest BCUT2D eigenvalue weighted by molar-refractivity contribution is 8.02. The number of aryl methyl sites for hydroxylation is 2. The standard InChI is InChI=1S/C19H19ClN4OS2/c1-11-8-9-14(10-12(11)2)21-18-23-24-19(27-18)26-13(3)17(25)22-16-7-5-4-6-15(16)20/h4-10,13H,1-3H3,(H,21,23)(H,22,25). The predicted octanol–water partition coefficient (Wildman–Crippen LogP) is 5.67. The molecular weight excluding hydrogens is 400 g/mol. The minimum atomic E-state index is -0.330. The first kappa shape index (κ1) is 19.7. The average molecular weight is 419 g/mol. The lowest BCUT2D eigenvalue weighted by Gasteiger charge is -2.11. The number of para-hydroxylation sites is 1. The molecular formula is C19H19ClN4OS2. The number of rotatable bonds is 6. The molecule has 0 fully saturated rings. The van der Waals surface area contributed by atoms with Crippen molar-refractivity contribution in [2.75, 3.05) is 10.6 Å². The van der Waals surface area contributed by atoms with Gasteiger partial charge in [0.05, 0.1) is 16.0 Å². The summed E-state index contributed by atoms with van der Waals surface area (Å²) >= 11 is 8.86. The third kappa shape index (κ3) is 5.22. The SMILES string of the molecule is Cc1ccc(Nc2nnc(SC(C)C(=O)Nc3ccccc3Cl)s2)cc1C. The lowest BCUT2D eigenvalue weighted by atomic mass is 10.1. The van der Waals surface area contributed by atoms with Gasteiger partial charge in [-0.25, -0.2) is 0 Å². The Balaban J connectivity index is 1.60. The Kier molecular flexibility index (Phi) is 6.36. The molecule has 1 unspecified atom stereocenters. The van der Waals surface area contributed by atoms with E-state index in [0.29, 0.717) is 15.8 Å². The number of aromatic nitrogens is 2. The van der Waals surface area contributed by atoms with Crippen LogP contribution in [0, 0.1) is 13.8 Å². The molecule has 0 aliphatic carbocycles. The van der Waals surface area contributed by atoms with Crippen molar-refractivity contribution < 1.29 is 4.79 Å². The van der Waals surface area contributed by atoms with E-state index in [-0.39, 0.29) is 11.2 Å². The van der Waals surface area contributed by atoms with Crippen LogP contribution in [0.3, 0.4) is 0 Å². The van der Waals surface area contributed by atoms with Crippen LogP contribution in [-0.2, 0) is 4.79 Å². The molecule has 5 nitrogen and oxygen atoms in total. The minimum absolute atomic E-state index is 0.132. The van der Waals surface area contributed by atoms with Crippen LogP contribution in [0.5, 0.6) is 0 Å². The van der Waals surface area contributed by atoms with Gasteiger partial charge in [0.2, 0.25) is 11.0 Å². The van der Waals surface area contributed by atoms with Crippen LogP contribution in [0.2, 0.25) is 5.02 Å². The van der Waals surface area contributed by atoms with E-state index >= 15 is 0 Å². The molecule has 1 aromatic heterocycles. The number of hydrogen-bond donors (Lipinski definition) is 2. The van der Waals surface area contributed by atoms with Gasteiger partial charge in [0.15, 0.2) is 4.34 Å². The number of carbonyl (C=O) groups excluding carboxylic acids is 1. The number of carbonyl (C=O) groups is 1. The van der Waals surface area contributed by atoms with Gasteiger partial charge in [0, 0.05) is 5.69 Å². The number of thioether (sulfide) groups is 1. The predicted molar refractivity (Wildman–Crippen MR) is 115 cm³/mol. The van der Waals surface area contributed by atoms with Crippen molar-refractivity contribution in [3.8, 4) is 0 Å². The third-order valence-corrected chi connectivity index (χ3v) is 6.30. The van der Waals surface area contributed by atoms with Gasteiger partial charge in [-0.3, -0.25) is 4.79 Å². The first-order valence-corrected chi connectivity index (χ1v) is 10.4. The number of benzene rings is 2. The Morgan fingerprint density at radius 1 is 1.15 bits per heavy atom. The fourth-order valence-corrected chi connectivity index (χ4v) is 4.35. The zero-order valence-corrected chi connectivity index (χ0v) is 17.5. The minimum Gasteiger partial charge on any atom is -0.330 e. The smallest absolute Gasteiger partial charge is 0.237 e. The molecule has 0 bridgehead atoms. The summed E-state index contributed by atoms with van der Waals surface area (Å²) in [4.78, 5) is 12.4. The molecule has 0 saturated carbocycles. The lowest BCUT2D eigenvalue weighted by molar-refractivity contribution is -0.115. The van der Waals surface area contributed by atoms with Crippen LogP contribution in [-0.4, -0.2) is 21.4 Å². The number of halogens is 1. The normalized spacial score (nSPS) is 11.9. The number of nitrogens with one attached hydrogen (secondary N) is 2. The number of hydrogen-bond acceptors (Lipinski definition) is 6. The summed E-state index contributed by atoms with van der Waals surface area (Å²) in [6.45, 7) is 5.98. The van der Waals surface area contributed by atoms with E-state index in [1.165, 1.54) is 34.2 Å². The maximum atomic E-state index is 12.4. The Morgan fingerprint density at radius 2 is 1.93 bits per heavy atom. The van der Waals surface area contributed by atoms with Gasteiger partial charge < -0.3 is 10.6 Å². The van der Waals surface area contributed by atoms with Gasteiger partial charge in [-0.2, -0.15) is 0 Å². The van der Waals surface area contributed by atoms with E-state index in [4.69, 9.17) is 11.6 Å². The summed E-state index contributed by atoms with van der Waals surface area (Å²) in [5.41, 5.74) is 4.03. The third-order valence-electron chi connectivity index (χ3n) is 3.94. The number of nitrogens with zero attached hydrogens (tertiary/aromatic N) is 2. The summed E-state index contributed by atoms with van der Waals surface area (Å²) < 4.78 is 0.725. The first-order chi connectivity index (χ1) is 12.9. The Labute approximate surface area is 171 Å². The molecule has 1 heterocycles. The molecule has 8 heteroatoms. The second kappa shape index (κ2) is 8.73. The molecule has 1 atom stereocenters. The average Bonchev–Trinajstić information content (AvgIpc) is 3.07. The quantitative estimate of drug-likeness (QED) is 0.504. The fourth-order valence-electron chi connectivity index (χ4n) is 2.25. The zero-order valence-electron chi connectivity index (χ0n) is 15.1. The molecule has 2 N–H and O–H groups in total. The van der Waals surface area contributed by atoms with Crippen LogP contribution in [0.25, 0.3) is 0 Å².